The molecular formula is C24H28FN3O4S. The Hall–Kier alpha value is -3.04. The van der Waals surface area contributed by atoms with Crippen LogP contribution in [-0.2, 0) is 19.6 Å². The molecule has 33 heavy (non-hydrogen) atoms. The molecular weight excluding hydrogens is 445 g/mol. The lowest BCUT2D eigenvalue weighted by Gasteiger charge is -2.19. The third-order valence-electron chi connectivity index (χ3n) is 5.37. The maximum absolute atomic E-state index is 13.2. The van der Waals surface area contributed by atoms with Gasteiger partial charge in [0.15, 0.2) is 0 Å². The Morgan fingerprint density at radius 2 is 1.73 bits per heavy atom. The lowest BCUT2D eigenvalue weighted by molar-refractivity contribution is -0.129. The summed E-state index contributed by atoms with van der Waals surface area (Å²) in [5, 5.41) is 2.54. The van der Waals surface area contributed by atoms with E-state index in [2.05, 4.69) is 5.32 Å². The minimum atomic E-state index is -3.52. The number of halogens is 1. The van der Waals surface area contributed by atoms with Crippen LogP contribution >= 0.6 is 0 Å². The van der Waals surface area contributed by atoms with Gasteiger partial charge in [0.1, 0.15) is 5.82 Å². The van der Waals surface area contributed by atoms with E-state index in [1.54, 1.807) is 36.4 Å². The SMILES string of the molecule is CN(CC(=O)Nc1cccc(F)c1)C(=O)/C=C/c1ccc(S(=O)(=O)N2CCCCCC2)cc1. The Bertz CT molecular complexity index is 1110. The summed E-state index contributed by atoms with van der Waals surface area (Å²) in [6, 6.07) is 11.9. The van der Waals surface area contributed by atoms with E-state index in [9.17, 15) is 22.4 Å². The molecule has 7 nitrogen and oxygen atoms in total. The van der Waals surface area contributed by atoms with E-state index in [1.165, 1.54) is 40.5 Å². The molecule has 1 aliphatic heterocycles. The second-order valence-corrected chi connectivity index (χ2v) is 9.91. The Balaban J connectivity index is 1.56. The molecule has 9 heteroatoms. The first-order chi connectivity index (χ1) is 15.8. The van der Waals surface area contributed by atoms with Gasteiger partial charge in [0, 0.05) is 31.9 Å². The van der Waals surface area contributed by atoms with Gasteiger partial charge in [-0.05, 0) is 54.8 Å². The summed E-state index contributed by atoms with van der Waals surface area (Å²) in [4.78, 5) is 25.9. The van der Waals surface area contributed by atoms with Crippen molar-refractivity contribution >= 4 is 33.6 Å². The normalized spacial score (nSPS) is 15.2. The first-order valence-corrected chi connectivity index (χ1v) is 12.3. The largest absolute Gasteiger partial charge is 0.333 e. The predicted molar refractivity (Wildman–Crippen MR) is 125 cm³/mol. The zero-order valence-electron chi connectivity index (χ0n) is 18.5. The van der Waals surface area contributed by atoms with Crippen LogP contribution in [0.15, 0.2) is 59.5 Å². The van der Waals surface area contributed by atoms with Gasteiger partial charge in [-0.2, -0.15) is 4.31 Å². The number of benzene rings is 2. The summed E-state index contributed by atoms with van der Waals surface area (Å²) in [7, 11) is -2.04. The molecule has 176 valence electrons. The third-order valence-corrected chi connectivity index (χ3v) is 7.28. The molecule has 1 aliphatic rings. The van der Waals surface area contributed by atoms with Crippen LogP contribution in [0.3, 0.4) is 0 Å². The van der Waals surface area contributed by atoms with Crippen LogP contribution in [0.5, 0.6) is 0 Å². The van der Waals surface area contributed by atoms with Crippen LogP contribution < -0.4 is 5.32 Å². The van der Waals surface area contributed by atoms with Gasteiger partial charge >= 0.3 is 0 Å². The summed E-state index contributed by atoms with van der Waals surface area (Å²) in [6.07, 6.45) is 6.71. The number of amides is 2. The first-order valence-electron chi connectivity index (χ1n) is 10.8. The average molecular weight is 474 g/mol. The van der Waals surface area contributed by atoms with E-state index in [1.807, 2.05) is 0 Å². The highest BCUT2D eigenvalue weighted by molar-refractivity contribution is 7.89. The quantitative estimate of drug-likeness (QED) is 0.624. The van der Waals surface area contributed by atoms with Crippen LogP contribution in [0.25, 0.3) is 6.08 Å². The average Bonchev–Trinajstić information content (AvgIpc) is 3.08. The standard InChI is InChI=1S/C24H28FN3O4S/c1-27(18-23(29)26-21-8-6-7-20(25)17-21)24(30)14-11-19-9-12-22(13-10-19)33(31,32)28-15-4-2-3-5-16-28/h6-14,17H,2-5,15-16,18H2,1H3,(H,26,29)/b14-11+. The Kier molecular flexibility index (Phi) is 8.35. The van der Waals surface area contributed by atoms with Crippen LogP contribution in [0, 0.1) is 5.82 Å². The van der Waals surface area contributed by atoms with Crippen molar-refractivity contribution in [3.05, 3.63) is 66.0 Å². The lowest BCUT2D eigenvalue weighted by Crippen LogP contribution is -2.33. The van der Waals surface area contributed by atoms with Crippen LogP contribution in [0.2, 0.25) is 0 Å². The minimum Gasteiger partial charge on any atom is -0.333 e. The number of nitrogens with one attached hydrogen (secondary N) is 1. The molecule has 1 N–H and O–H groups in total. The molecule has 2 amide bonds. The number of hydrogen-bond donors (Lipinski definition) is 1. The first kappa shape index (κ1) is 24.6. The van der Waals surface area contributed by atoms with Gasteiger partial charge in [0.25, 0.3) is 0 Å². The van der Waals surface area contributed by atoms with E-state index in [0.717, 1.165) is 25.7 Å². The van der Waals surface area contributed by atoms with E-state index in [-0.39, 0.29) is 11.4 Å². The molecule has 0 radical (unpaired) electrons. The van der Waals surface area contributed by atoms with E-state index in [4.69, 9.17) is 0 Å². The monoisotopic (exact) mass is 473 g/mol. The number of rotatable bonds is 7. The van der Waals surface area contributed by atoms with Gasteiger partial charge in [-0.25, -0.2) is 12.8 Å². The molecule has 0 saturated carbocycles. The molecule has 0 aliphatic carbocycles. The van der Waals surface area contributed by atoms with Crippen molar-refractivity contribution in [1.82, 2.24) is 9.21 Å². The number of anilines is 1. The summed E-state index contributed by atoms with van der Waals surface area (Å²) in [6.45, 7) is 0.877. The molecule has 0 aromatic heterocycles. The molecule has 3 rings (SSSR count). The van der Waals surface area contributed by atoms with Gasteiger partial charge in [-0.3, -0.25) is 9.59 Å². The molecule has 0 spiro atoms. The smallest absolute Gasteiger partial charge is 0.246 e. The summed E-state index contributed by atoms with van der Waals surface area (Å²) in [5.41, 5.74) is 0.974. The van der Waals surface area contributed by atoms with Crippen molar-refractivity contribution < 1.29 is 22.4 Å². The molecule has 2 aromatic carbocycles. The summed E-state index contributed by atoms with van der Waals surface area (Å²) >= 11 is 0. The number of nitrogens with zero attached hydrogens (tertiary/aromatic N) is 2. The highest BCUT2D eigenvalue weighted by atomic mass is 32.2. The third kappa shape index (κ3) is 6.97. The fraction of sp³-hybridized carbons (Fsp3) is 0.333. The second-order valence-electron chi connectivity index (χ2n) is 7.97. The van der Waals surface area contributed by atoms with Gasteiger partial charge in [-0.15, -0.1) is 0 Å². The summed E-state index contributed by atoms with van der Waals surface area (Å²) in [5.74, 6) is -1.32. The topological polar surface area (TPSA) is 86.8 Å². The highest BCUT2D eigenvalue weighted by Crippen LogP contribution is 2.21. The van der Waals surface area contributed by atoms with Gasteiger partial charge < -0.3 is 10.2 Å². The summed E-state index contributed by atoms with van der Waals surface area (Å²) < 4.78 is 40.4. The minimum absolute atomic E-state index is 0.202. The van der Waals surface area contributed by atoms with Crippen molar-refractivity contribution in [3.8, 4) is 0 Å². The number of likely N-dealkylation sites (N-methyl/N-ethyl adjacent to an activating group) is 1. The van der Waals surface area contributed by atoms with Crippen molar-refractivity contribution in [2.75, 3.05) is 32.0 Å². The molecule has 1 saturated heterocycles. The zero-order valence-corrected chi connectivity index (χ0v) is 19.4. The van der Waals surface area contributed by atoms with E-state index < -0.39 is 27.7 Å². The van der Waals surface area contributed by atoms with Crippen LogP contribution in [0.1, 0.15) is 31.2 Å². The Labute approximate surface area is 193 Å². The van der Waals surface area contributed by atoms with Crippen LogP contribution in [0.4, 0.5) is 10.1 Å². The number of carbonyl (C=O) groups excluding carboxylic acids is 2. The van der Waals surface area contributed by atoms with E-state index >= 15 is 0 Å². The van der Waals surface area contributed by atoms with Gasteiger partial charge in [-0.1, -0.05) is 31.0 Å². The maximum atomic E-state index is 13.2. The van der Waals surface area contributed by atoms with Gasteiger partial charge in [0.2, 0.25) is 21.8 Å². The molecule has 0 bridgehead atoms. The molecule has 2 aromatic rings. The zero-order chi connectivity index (χ0) is 23.8. The predicted octanol–water partition coefficient (Wildman–Crippen LogP) is 3.50. The van der Waals surface area contributed by atoms with Crippen molar-refractivity contribution in [2.45, 2.75) is 30.6 Å². The lowest BCUT2D eigenvalue weighted by atomic mass is 10.2. The number of carbonyl (C=O) groups is 2. The van der Waals surface area contributed by atoms with E-state index in [0.29, 0.717) is 24.3 Å². The molecule has 0 unspecified atom stereocenters. The Morgan fingerprint density at radius 1 is 1.06 bits per heavy atom. The molecule has 1 heterocycles. The maximum Gasteiger partial charge on any atom is 0.246 e. The Morgan fingerprint density at radius 3 is 2.36 bits per heavy atom. The number of sulfonamides is 1. The van der Waals surface area contributed by atoms with Crippen molar-refractivity contribution in [3.63, 3.8) is 0 Å². The fourth-order valence-electron chi connectivity index (χ4n) is 3.54. The van der Waals surface area contributed by atoms with Crippen molar-refractivity contribution in [1.29, 1.82) is 0 Å². The molecule has 1 fully saturated rings. The molecule has 0 atom stereocenters. The van der Waals surface area contributed by atoms with Gasteiger partial charge in [0.05, 0.1) is 11.4 Å². The fourth-order valence-corrected chi connectivity index (χ4v) is 5.05. The van der Waals surface area contributed by atoms with Crippen LogP contribution in [-0.4, -0.2) is 56.1 Å². The highest BCUT2D eigenvalue weighted by Gasteiger charge is 2.24. The second kappa shape index (κ2) is 11.2. The number of hydrogen-bond acceptors (Lipinski definition) is 4. The van der Waals surface area contributed by atoms with Crippen molar-refractivity contribution in [2.24, 2.45) is 0 Å².